The SMILES string of the molecule is CCC(C)CC(C)CC(C)C(C)OC(=O)CCCC1(c2cccc(C(C)CC)c2)C23C=C4CC5CC6CC7CC8CC9CC%10CC(C2)C2C%10C%10C9C9C8C7C7C6C6C5C4C4C5C6C7C9C%10C5C2C431. The van der Waals surface area contributed by atoms with Crippen molar-refractivity contribution in [1.29, 1.82) is 0 Å². The number of carbonyl (C=O) groups excluding carboxylic acids is 1. The summed E-state index contributed by atoms with van der Waals surface area (Å²) in [6.45, 7) is 16.7. The molecule has 2 heteroatoms. The van der Waals surface area contributed by atoms with Gasteiger partial charge in [0.2, 0.25) is 0 Å². The summed E-state index contributed by atoms with van der Waals surface area (Å²) in [6.07, 6.45) is 24.0. The van der Waals surface area contributed by atoms with E-state index in [-0.39, 0.29) is 17.5 Å². The molecule has 35 unspecified atom stereocenters. The van der Waals surface area contributed by atoms with Gasteiger partial charge in [0, 0.05) is 17.3 Å². The Labute approximate surface area is 411 Å². The molecule has 2 nitrogen and oxygen atoms in total. The molecule has 1 spiro atoms. The van der Waals surface area contributed by atoms with Crippen LogP contribution in [0.4, 0.5) is 0 Å². The van der Waals surface area contributed by atoms with Gasteiger partial charge in [0.05, 0.1) is 0 Å². The summed E-state index contributed by atoms with van der Waals surface area (Å²) in [5, 5.41) is 0. The Morgan fingerprint density at radius 1 is 0.618 bits per heavy atom. The zero-order valence-electron chi connectivity index (χ0n) is 43.3. The van der Waals surface area contributed by atoms with Crippen molar-refractivity contribution in [3.05, 3.63) is 47.0 Å². The molecule has 364 valence electrons. The van der Waals surface area contributed by atoms with Crippen LogP contribution < -0.4 is 0 Å². The van der Waals surface area contributed by atoms with Gasteiger partial charge >= 0.3 is 5.97 Å². The van der Waals surface area contributed by atoms with Gasteiger partial charge in [-0.1, -0.05) is 83.9 Å². The minimum Gasteiger partial charge on any atom is -0.462 e. The molecule has 0 aliphatic heterocycles. The van der Waals surface area contributed by atoms with Crippen molar-refractivity contribution in [1.82, 2.24) is 0 Å². The van der Waals surface area contributed by atoms with Crippen molar-refractivity contribution < 1.29 is 9.53 Å². The normalized spacial score (nSPS) is 61.9. The molecule has 68 heavy (non-hydrogen) atoms. The summed E-state index contributed by atoms with van der Waals surface area (Å²) < 4.78 is 6.53. The van der Waals surface area contributed by atoms with Crippen LogP contribution >= 0.6 is 0 Å². The van der Waals surface area contributed by atoms with Crippen LogP contribution in [0.15, 0.2) is 35.9 Å². The fourth-order valence-electron chi connectivity index (χ4n) is 30.5. The third-order valence-electron chi connectivity index (χ3n) is 30.4. The third-order valence-corrected chi connectivity index (χ3v) is 30.4. The number of esters is 1. The van der Waals surface area contributed by atoms with Crippen molar-refractivity contribution in [2.24, 2.45) is 188 Å². The van der Waals surface area contributed by atoms with Crippen molar-refractivity contribution in [3.8, 4) is 0 Å². The lowest BCUT2D eigenvalue weighted by Crippen LogP contribution is -2.58. The molecule has 1 aromatic rings. The van der Waals surface area contributed by atoms with E-state index in [1.54, 1.807) is 49.7 Å². The van der Waals surface area contributed by atoms with Crippen LogP contribution in [0.3, 0.4) is 0 Å². The second kappa shape index (κ2) is 12.8. The summed E-state index contributed by atoms with van der Waals surface area (Å²) in [5.41, 5.74) is 6.35. The van der Waals surface area contributed by atoms with Gasteiger partial charge in [0.1, 0.15) is 6.10 Å². The van der Waals surface area contributed by atoms with E-state index in [0.29, 0.717) is 35.0 Å². The van der Waals surface area contributed by atoms with Crippen LogP contribution in [0.5, 0.6) is 0 Å². The molecule has 0 heterocycles. The van der Waals surface area contributed by atoms with E-state index >= 15 is 0 Å². The minimum absolute atomic E-state index is 0.00435. The van der Waals surface area contributed by atoms with Crippen molar-refractivity contribution >= 4 is 5.97 Å². The smallest absolute Gasteiger partial charge is 0.306 e. The Kier molecular flexibility index (Phi) is 7.72. The lowest BCUT2D eigenvalue weighted by Gasteiger charge is -2.62. The average molecular weight is 913 g/mol. The molecule has 17 aliphatic carbocycles. The van der Waals surface area contributed by atoms with Gasteiger partial charge in [0.25, 0.3) is 0 Å². The molecule has 17 aliphatic rings. The highest BCUT2D eigenvalue weighted by molar-refractivity contribution is 5.70. The molecule has 18 rings (SSSR count). The molecule has 0 radical (unpaired) electrons. The first kappa shape index (κ1) is 40.9. The standard InChI is InChI=1S/C66H88O2/c1-8-28(3)16-29(4)17-31(6)32(7)68-43(67)14-11-15-65(42-13-10-12-33(25-42)30(5)9-2)64-26-40-23-38-21-36-19-34-18-35-20-37-22-39-24-41(27-64)51-47(39)55-49(37)53-45(35)44(34)52-48(36)54-46(38)50(40)62-60-58(54)56(52)57(53)59(55)61(60)63(51)66(62,64)65/h10,12-13,25-26,28-32,34-39,41,44-63H,8-9,11,14-24,27H2,1-7H3. The number of allylic oxidation sites excluding steroid dienone is 2. The Morgan fingerprint density at radius 2 is 1.19 bits per heavy atom. The molecule has 1 aromatic carbocycles. The summed E-state index contributed by atoms with van der Waals surface area (Å²) in [5.74, 6) is 31.5. The average Bonchev–Trinajstić information content (AvgIpc) is 4.05. The summed E-state index contributed by atoms with van der Waals surface area (Å²) in [7, 11) is 0. The number of carbonyl (C=O) groups is 1. The van der Waals surface area contributed by atoms with Crippen molar-refractivity contribution in [2.45, 2.75) is 162 Å². The van der Waals surface area contributed by atoms with Crippen LogP contribution in [0.1, 0.15) is 162 Å². The molecule has 35 atom stereocenters. The quantitative estimate of drug-likeness (QED) is 0.137. The Bertz CT molecular complexity index is 2430. The van der Waals surface area contributed by atoms with Gasteiger partial charge < -0.3 is 4.74 Å². The molecule has 16 fully saturated rings. The van der Waals surface area contributed by atoms with Gasteiger partial charge in [-0.25, -0.2) is 0 Å². The molecule has 0 bridgehead atoms. The van der Waals surface area contributed by atoms with Crippen LogP contribution in [0.2, 0.25) is 0 Å². The van der Waals surface area contributed by atoms with E-state index in [4.69, 9.17) is 4.74 Å². The van der Waals surface area contributed by atoms with E-state index in [9.17, 15) is 4.79 Å². The molecule has 0 amide bonds. The van der Waals surface area contributed by atoms with Gasteiger partial charge in [0.15, 0.2) is 0 Å². The first-order valence-electron chi connectivity index (χ1n) is 31.1. The topological polar surface area (TPSA) is 26.3 Å². The van der Waals surface area contributed by atoms with Crippen LogP contribution in [0, 0.1) is 188 Å². The van der Waals surface area contributed by atoms with Gasteiger partial charge in [-0.05, 0) is 290 Å². The zero-order valence-corrected chi connectivity index (χ0v) is 43.3. The molecule has 0 aromatic heterocycles. The molecule has 0 saturated heterocycles. The third kappa shape index (κ3) is 4.07. The molecule has 0 N–H and O–H groups in total. The van der Waals surface area contributed by atoms with E-state index in [1.165, 1.54) is 38.5 Å². The van der Waals surface area contributed by atoms with E-state index in [1.807, 2.05) is 0 Å². The predicted octanol–water partition coefficient (Wildman–Crippen LogP) is 14.5. The van der Waals surface area contributed by atoms with Crippen LogP contribution in [0.25, 0.3) is 0 Å². The first-order chi connectivity index (χ1) is 33.1. The fraction of sp³-hybridized carbons (Fsp3) is 0.864. The van der Waals surface area contributed by atoms with E-state index in [0.717, 1.165) is 179 Å². The van der Waals surface area contributed by atoms with Gasteiger partial charge in [-0.2, -0.15) is 0 Å². The number of ether oxygens (including phenoxy) is 1. The minimum atomic E-state index is -0.00435. The highest BCUT2D eigenvalue weighted by atomic mass is 16.5. The summed E-state index contributed by atoms with van der Waals surface area (Å²) in [4.78, 5) is 14.4. The maximum absolute atomic E-state index is 14.4. The largest absolute Gasteiger partial charge is 0.462 e. The fourth-order valence-corrected chi connectivity index (χ4v) is 30.5. The highest BCUT2D eigenvalue weighted by Gasteiger charge is 3.01. The van der Waals surface area contributed by atoms with Crippen LogP contribution in [-0.4, -0.2) is 12.1 Å². The summed E-state index contributed by atoms with van der Waals surface area (Å²) >= 11 is 0. The Balaban J connectivity index is 0.806. The van der Waals surface area contributed by atoms with Crippen LogP contribution in [-0.2, 0) is 14.9 Å². The molecular weight excluding hydrogens is 825 g/mol. The number of hydrogen-bond acceptors (Lipinski definition) is 2. The van der Waals surface area contributed by atoms with Gasteiger partial charge in [-0.3, -0.25) is 4.79 Å². The maximum Gasteiger partial charge on any atom is 0.306 e. The maximum atomic E-state index is 14.4. The van der Waals surface area contributed by atoms with E-state index < -0.39 is 0 Å². The van der Waals surface area contributed by atoms with Crippen molar-refractivity contribution in [2.75, 3.05) is 0 Å². The lowest BCUT2D eigenvalue weighted by molar-refractivity contribution is -0.151. The zero-order chi connectivity index (χ0) is 45.1. The Morgan fingerprint density at radius 3 is 1.85 bits per heavy atom. The Hall–Kier alpha value is -1.57. The number of benzene rings is 1. The molecule has 16 saturated carbocycles. The number of hydrogen-bond donors (Lipinski definition) is 0. The highest BCUT2D eigenvalue weighted by Crippen LogP contribution is 3.03. The monoisotopic (exact) mass is 913 g/mol. The first-order valence-corrected chi connectivity index (χ1v) is 31.1. The predicted molar refractivity (Wildman–Crippen MR) is 267 cm³/mol. The molecular formula is C66H88O2. The second-order valence-electron chi connectivity index (χ2n) is 31.1. The second-order valence-corrected chi connectivity index (χ2v) is 31.1. The van der Waals surface area contributed by atoms with Gasteiger partial charge in [-0.15, -0.1) is 0 Å². The summed E-state index contributed by atoms with van der Waals surface area (Å²) in [6, 6.07) is 10.7. The van der Waals surface area contributed by atoms with Crippen molar-refractivity contribution in [3.63, 3.8) is 0 Å². The number of rotatable bonds is 14. The lowest BCUT2D eigenvalue weighted by atomic mass is 9.43. The van der Waals surface area contributed by atoms with E-state index in [2.05, 4.69) is 84.4 Å².